The van der Waals surface area contributed by atoms with Crippen molar-refractivity contribution in [2.75, 3.05) is 14.2 Å². The lowest BCUT2D eigenvalue weighted by molar-refractivity contribution is -0.130. The van der Waals surface area contributed by atoms with Crippen molar-refractivity contribution in [3.8, 4) is 5.75 Å². The van der Waals surface area contributed by atoms with E-state index in [0.29, 0.717) is 12.0 Å². The third-order valence-corrected chi connectivity index (χ3v) is 4.35. The highest BCUT2D eigenvalue weighted by molar-refractivity contribution is 5.91. The second-order valence-corrected chi connectivity index (χ2v) is 6.01. The van der Waals surface area contributed by atoms with Crippen LogP contribution in [0.4, 0.5) is 0 Å². The molecule has 1 amide bonds. The van der Waals surface area contributed by atoms with E-state index in [4.69, 9.17) is 4.74 Å². The number of carbonyl (C=O) groups is 2. The van der Waals surface area contributed by atoms with Crippen molar-refractivity contribution in [1.29, 1.82) is 0 Å². The van der Waals surface area contributed by atoms with Gasteiger partial charge in [0, 0.05) is 13.1 Å². The summed E-state index contributed by atoms with van der Waals surface area (Å²) in [6.45, 7) is 1.97. The number of carboxylic acids is 1. The summed E-state index contributed by atoms with van der Waals surface area (Å²) in [6.07, 6.45) is 0.724. The first-order valence-corrected chi connectivity index (χ1v) is 8.12. The zero-order valence-electron chi connectivity index (χ0n) is 14.7. The lowest BCUT2D eigenvalue weighted by Gasteiger charge is -2.26. The van der Waals surface area contributed by atoms with Gasteiger partial charge in [0.05, 0.1) is 19.1 Å². The van der Waals surface area contributed by atoms with E-state index in [1.54, 1.807) is 37.3 Å². The number of methoxy groups -OCH3 is 1. The number of hydrogen-bond acceptors (Lipinski definition) is 3. The zero-order valence-corrected chi connectivity index (χ0v) is 14.7. The maximum absolute atomic E-state index is 12.6. The molecule has 0 radical (unpaired) electrons. The van der Waals surface area contributed by atoms with Crippen LogP contribution < -0.4 is 4.74 Å². The van der Waals surface area contributed by atoms with Crippen LogP contribution >= 0.6 is 0 Å². The van der Waals surface area contributed by atoms with Gasteiger partial charge in [0.1, 0.15) is 5.75 Å². The Kier molecular flexibility index (Phi) is 6.17. The molecule has 0 saturated heterocycles. The van der Waals surface area contributed by atoms with Crippen molar-refractivity contribution in [1.82, 2.24) is 4.90 Å². The topological polar surface area (TPSA) is 66.8 Å². The van der Waals surface area contributed by atoms with Crippen LogP contribution in [-0.4, -0.2) is 42.1 Å². The number of nitrogens with zero attached hydrogens (tertiary/aromatic N) is 1. The minimum atomic E-state index is -1.02. The molecule has 5 heteroatoms. The number of carbonyl (C=O) groups excluding carboxylic acids is 1. The number of rotatable bonds is 7. The van der Waals surface area contributed by atoms with Crippen molar-refractivity contribution < 1.29 is 19.4 Å². The van der Waals surface area contributed by atoms with Crippen LogP contribution in [0.5, 0.6) is 5.75 Å². The molecule has 0 aliphatic carbocycles. The monoisotopic (exact) mass is 341 g/mol. The lowest BCUT2D eigenvalue weighted by atomic mass is 10.0. The maximum atomic E-state index is 12.6. The number of benzene rings is 2. The number of para-hydroxylation sites is 1. The van der Waals surface area contributed by atoms with Gasteiger partial charge in [0.15, 0.2) is 0 Å². The molecule has 0 aliphatic heterocycles. The summed E-state index contributed by atoms with van der Waals surface area (Å²) in [5, 5.41) is 9.24. The molecular formula is C20H23NO4. The number of likely N-dealkylation sites (N-methyl/N-ethyl adjacent to an activating group) is 1. The van der Waals surface area contributed by atoms with Gasteiger partial charge in [0.2, 0.25) is 5.91 Å². The molecule has 0 heterocycles. The Hall–Kier alpha value is -2.82. The molecule has 0 spiro atoms. The fourth-order valence-corrected chi connectivity index (χ4v) is 2.74. The van der Waals surface area contributed by atoms with Gasteiger partial charge in [-0.05, 0) is 36.6 Å². The molecule has 2 rings (SSSR count). The first-order chi connectivity index (χ1) is 11.9. The largest absolute Gasteiger partial charge is 0.496 e. The maximum Gasteiger partial charge on any atom is 0.335 e. The highest BCUT2D eigenvalue weighted by atomic mass is 16.5. The van der Waals surface area contributed by atoms with Crippen LogP contribution in [0.25, 0.3) is 0 Å². The van der Waals surface area contributed by atoms with E-state index in [0.717, 1.165) is 11.3 Å². The molecule has 0 fully saturated rings. The van der Waals surface area contributed by atoms with Crippen molar-refractivity contribution in [3.05, 3.63) is 65.2 Å². The summed E-state index contributed by atoms with van der Waals surface area (Å²) >= 11 is 0. The van der Waals surface area contributed by atoms with Gasteiger partial charge in [-0.2, -0.15) is 0 Å². The predicted octanol–water partition coefficient (Wildman–Crippen LogP) is 3.03. The second kappa shape index (κ2) is 8.33. The van der Waals surface area contributed by atoms with Gasteiger partial charge in [-0.1, -0.05) is 36.4 Å². The fraction of sp³-hybridized carbons (Fsp3) is 0.300. The summed E-state index contributed by atoms with van der Waals surface area (Å²) in [7, 11) is 3.37. The van der Waals surface area contributed by atoms with Crippen molar-refractivity contribution in [3.63, 3.8) is 0 Å². The number of amides is 1. The third kappa shape index (κ3) is 4.59. The summed E-state index contributed by atoms with van der Waals surface area (Å²) in [4.78, 5) is 25.5. The number of carboxylic acid groups (broad SMARTS) is 1. The Morgan fingerprint density at radius 3 is 2.32 bits per heavy atom. The van der Waals surface area contributed by atoms with Crippen LogP contribution in [0.1, 0.15) is 28.4 Å². The molecule has 25 heavy (non-hydrogen) atoms. The molecule has 0 bridgehead atoms. The van der Waals surface area contributed by atoms with E-state index >= 15 is 0 Å². The third-order valence-electron chi connectivity index (χ3n) is 4.35. The molecular weight excluding hydrogens is 318 g/mol. The fourth-order valence-electron chi connectivity index (χ4n) is 2.74. The molecule has 0 saturated carbocycles. The average molecular weight is 341 g/mol. The van der Waals surface area contributed by atoms with Gasteiger partial charge in [-0.15, -0.1) is 0 Å². The van der Waals surface area contributed by atoms with Gasteiger partial charge >= 0.3 is 5.97 Å². The molecule has 1 N–H and O–H groups in total. The average Bonchev–Trinajstić information content (AvgIpc) is 2.61. The highest BCUT2D eigenvalue weighted by Crippen LogP contribution is 2.20. The van der Waals surface area contributed by atoms with E-state index in [-0.39, 0.29) is 23.9 Å². The van der Waals surface area contributed by atoms with Crippen LogP contribution in [0.3, 0.4) is 0 Å². The van der Waals surface area contributed by atoms with Crippen LogP contribution in [0, 0.1) is 0 Å². The van der Waals surface area contributed by atoms with E-state index in [9.17, 15) is 14.7 Å². The SMILES string of the molecule is COc1ccccc1CC(C)N(C)C(=O)Cc1ccccc1C(=O)O. The molecule has 0 aliphatic rings. The van der Waals surface area contributed by atoms with Gasteiger partial charge in [0.25, 0.3) is 0 Å². The summed E-state index contributed by atoms with van der Waals surface area (Å²) in [6, 6.07) is 14.3. The lowest BCUT2D eigenvalue weighted by Crippen LogP contribution is -2.37. The Morgan fingerprint density at radius 2 is 1.68 bits per heavy atom. The quantitative estimate of drug-likeness (QED) is 0.841. The predicted molar refractivity (Wildman–Crippen MR) is 96.0 cm³/mol. The van der Waals surface area contributed by atoms with E-state index < -0.39 is 5.97 Å². The minimum Gasteiger partial charge on any atom is -0.496 e. The standard InChI is InChI=1S/C20H23NO4/c1-14(12-16-9-5-7-11-18(16)25-3)21(2)19(22)13-15-8-4-6-10-17(15)20(23)24/h4-11,14H,12-13H2,1-3H3,(H,23,24). The molecule has 5 nitrogen and oxygen atoms in total. The van der Waals surface area contributed by atoms with Gasteiger partial charge in [-0.25, -0.2) is 4.79 Å². The highest BCUT2D eigenvalue weighted by Gasteiger charge is 2.20. The number of ether oxygens (including phenoxy) is 1. The van der Waals surface area contributed by atoms with Gasteiger partial charge < -0.3 is 14.7 Å². The van der Waals surface area contributed by atoms with Crippen molar-refractivity contribution in [2.24, 2.45) is 0 Å². The Bertz CT molecular complexity index is 757. The molecule has 2 aromatic carbocycles. The zero-order chi connectivity index (χ0) is 18.4. The molecule has 0 aromatic heterocycles. The van der Waals surface area contributed by atoms with Crippen LogP contribution in [0.15, 0.2) is 48.5 Å². The summed E-state index contributed by atoms with van der Waals surface area (Å²) < 4.78 is 5.36. The van der Waals surface area contributed by atoms with E-state index in [2.05, 4.69) is 0 Å². The molecule has 1 unspecified atom stereocenters. The van der Waals surface area contributed by atoms with Crippen LogP contribution in [-0.2, 0) is 17.6 Å². The van der Waals surface area contributed by atoms with Crippen LogP contribution in [0.2, 0.25) is 0 Å². The smallest absolute Gasteiger partial charge is 0.335 e. The molecule has 132 valence electrons. The second-order valence-electron chi connectivity index (χ2n) is 6.01. The van der Waals surface area contributed by atoms with Crippen molar-refractivity contribution >= 4 is 11.9 Å². The number of hydrogen-bond donors (Lipinski definition) is 1. The first kappa shape index (κ1) is 18.5. The first-order valence-electron chi connectivity index (χ1n) is 8.12. The normalized spacial score (nSPS) is 11.6. The summed E-state index contributed by atoms with van der Waals surface area (Å²) in [5.74, 6) is -0.337. The number of aromatic carboxylic acids is 1. The molecule has 1 atom stereocenters. The van der Waals surface area contributed by atoms with Crippen molar-refractivity contribution in [2.45, 2.75) is 25.8 Å². The minimum absolute atomic E-state index is 0.0409. The van der Waals surface area contributed by atoms with E-state index in [1.807, 2.05) is 31.2 Å². The summed E-state index contributed by atoms with van der Waals surface area (Å²) in [5.41, 5.74) is 1.72. The Labute approximate surface area is 147 Å². The Morgan fingerprint density at radius 1 is 1.08 bits per heavy atom. The Balaban J connectivity index is 2.08. The van der Waals surface area contributed by atoms with E-state index in [1.165, 1.54) is 6.07 Å². The molecule has 2 aromatic rings. The van der Waals surface area contributed by atoms with Gasteiger partial charge in [-0.3, -0.25) is 4.79 Å².